The van der Waals surface area contributed by atoms with E-state index in [4.69, 9.17) is 4.42 Å². The first-order chi connectivity index (χ1) is 25.3. The minimum Gasteiger partial charge on any atom is -0.455 e. The normalized spacial score (nSPS) is 11.9. The fourth-order valence-corrected chi connectivity index (χ4v) is 8.19. The Hall–Kier alpha value is -6.84. The van der Waals surface area contributed by atoms with Gasteiger partial charge in [-0.15, -0.1) is 0 Å². The van der Waals surface area contributed by atoms with Gasteiger partial charge in [-0.3, -0.25) is 0 Å². The zero-order valence-electron chi connectivity index (χ0n) is 27.6. The van der Waals surface area contributed by atoms with Crippen molar-refractivity contribution in [3.05, 3.63) is 182 Å². The molecule has 0 saturated carbocycles. The first kappa shape index (κ1) is 28.0. The minimum atomic E-state index is 0.910. The lowest BCUT2D eigenvalue weighted by atomic mass is 10.00. The largest absolute Gasteiger partial charge is 0.455 e. The summed E-state index contributed by atoms with van der Waals surface area (Å²) in [5.41, 5.74) is 13.6. The van der Waals surface area contributed by atoms with E-state index in [2.05, 4.69) is 185 Å². The molecule has 0 spiro atoms. The molecule has 11 aromatic rings. The lowest BCUT2D eigenvalue weighted by molar-refractivity contribution is 0.673. The highest BCUT2D eigenvalue weighted by atomic mass is 16.3. The van der Waals surface area contributed by atoms with Gasteiger partial charge >= 0.3 is 0 Å². The molecule has 0 saturated heterocycles. The first-order valence-corrected chi connectivity index (χ1v) is 17.4. The Morgan fingerprint density at radius 3 is 1.63 bits per heavy atom. The minimum absolute atomic E-state index is 0.910. The number of aromatic nitrogens is 2. The number of rotatable bonds is 4. The Kier molecular flexibility index (Phi) is 5.96. The number of nitrogens with zero attached hydrogens (tertiary/aromatic N) is 2. The van der Waals surface area contributed by atoms with Crippen LogP contribution in [0.1, 0.15) is 0 Å². The van der Waals surface area contributed by atoms with Crippen LogP contribution in [0.15, 0.2) is 186 Å². The summed E-state index contributed by atoms with van der Waals surface area (Å²) in [6, 6.07) is 65.4. The number of para-hydroxylation sites is 3. The third-order valence-corrected chi connectivity index (χ3v) is 10.5. The van der Waals surface area contributed by atoms with Gasteiger partial charge in [0.25, 0.3) is 0 Å². The molecule has 0 aliphatic rings. The van der Waals surface area contributed by atoms with Crippen LogP contribution in [0, 0.1) is 0 Å². The maximum Gasteiger partial charge on any atom is 0.145 e. The first-order valence-electron chi connectivity index (χ1n) is 17.4. The number of hydrogen-bond acceptors (Lipinski definition) is 1. The highest BCUT2D eigenvalue weighted by Gasteiger charge is 2.20. The predicted octanol–water partition coefficient (Wildman–Crippen LogP) is 13.1. The molecule has 0 radical (unpaired) electrons. The van der Waals surface area contributed by atoms with Gasteiger partial charge in [0.1, 0.15) is 11.2 Å². The fourth-order valence-electron chi connectivity index (χ4n) is 8.19. The van der Waals surface area contributed by atoms with Gasteiger partial charge in [-0.2, -0.15) is 0 Å². The third kappa shape index (κ3) is 4.19. The third-order valence-electron chi connectivity index (χ3n) is 10.5. The van der Waals surface area contributed by atoms with E-state index in [1.165, 1.54) is 49.4 Å². The molecule has 0 atom stereocenters. The van der Waals surface area contributed by atoms with Gasteiger partial charge < -0.3 is 13.6 Å². The second-order valence-corrected chi connectivity index (χ2v) is 13.3. The molecule has 8 aromatic carbocycles. The summed E-state index contributed by atoms with van der Waals surface area (Å²) in [6.07, 6.45) is 0. The Morgan fingerprint density at radius 1 is 0.314 bits per heavy atom. The average molecular weight is 651 g/mol. The Morgan fingerprint density at radius 2 is 0.843 bits per heavy atom. The predicted molar refractivity (Wildman–Crippen MR) is 213 cm³/mol. The molecule has 0 amide bonds. The molecule has 0 fully saturated rings. The number of furan rings is 1. The van der Waals surface area contributed by atoms with Crippen molar-refractivity contribution in [1.82, 2.24) is 9.13 Å². The SMILES string of the molecule is c1ccc(-c2ccc(-n3c4ccccc4c4cc(-c5ccc6c(c5)c5c7oc8ccccc8c7ccc5n6-c5ccccc5)ccc43)cc2)cc1. The summed E-state index contributed by atoms with van der Waals surface area (Å²) in [7, 11) is 0. The molecule has 3 heteroatoms. The molecule has 0 aliphatic heterocycles. The van der Waals surface area contributed by atoms with E-state index >= 15 is 0 Å². The molecule has 3 aromatic heterocycles. The zero-order valence-corrected chi connectivity index (χ0v) is 27.6. The van der Waals surface area contributed by atoms with Crippen molar-refractivity contribution >= 4 is 65.6 Å². The Bertz CT molecular complexity index is 3110. The fraction of sp³-hybridized carbons (Fsp3) is 0. The molecule has 51 heavy (non-hydrogen) atoms. The second-order valence-electron chi connectivity index (χ2n) is 13.3. The van der Waals surface area contributed by atoms with E-state index in [0.29, 0.717) is 0 Å². The highest BCUT2D eigenvalue weighted by Crippen LogP contribution is 2.42. The highest BCUT2D eigenvalue weighted by molar-refractivity contribution is 6.24. The lowest BCUT2D eigenvalue weighted by Crippen LogP contribution is -1.94. The van der Waals surface area contributed by atoms with Crippen molar-refractivity contribution in [3.8, 4) is 33.6 Å². The van der Waals surface area contributed by atoms with Crippen LogP contribution >= 0.6 is 0 Å². The smallest absolute Gasteiger partial charge is 0.145 e. The molecule has 0 unspecified atom stereocenters. The van der Waals surface area contributed by atoms with Gasteiger partial charge in [-0.05, 0) is 95.1 Å². The summed E-state index contributed by atoms with van der Waals surface area (Å²) in [5.74, 6) is 0. The van der Waals surface area contributed by atoms with Gasteiger partial charge in [-0.1, -0.05) is 109 Å². The molecule has 238 valence electrons. The van der Waals surface area contributed by atoms with E-state index in [-0.39, 0.29) is 0 Å². The summed E-state index contributed by atoms with van der Waals surface area (Å²) in [4.78, 5) is 0. The maximum atomic E-state index is 6.64. The molecule has 3 heterocycles. The van der Waals surface area contributed by atoms with Gasteiger partial charge in [-0.25, -0.2) is 0 Å². The van der Waals surface area contributed by atoms with Gasteiger partial charge in [0.15, 0.2) is 0 Å². The molecular formula is C48H30N2O. The van der Waals surface area contributed by atoms with Crippen molar-refractivity contribution in [1.29, 1.82) is 0 Å². The van der Waals surface area contributed by atoms with Crippen LogP contribution in [0.4, 0.5) is 0 Å². The standard InChI is InChI=1S/C48H30N2O/c1-3-11-31(12-4-1)32-19-23-36(24-20-32)49-42-17-9-7-15-37(42)40-29-33(21-26-43(40)49)34-22-27-44-41(30-34)47-45(50(44)35-13-5-2-6-14-35)28-25-39-38-16-8-10-18-46(38)51-48(39)47/h1-30H. The molecule has 0 aliphatic carbocycles. The van der Waals surface area contributed by atoms with E-state index in [1.807, 2.05) is 6.07 Å². The van der Waals surface area contributed by atoms with Crippen molar-refractivity contribution in [2.45, 2.75) is 0 Å². The maximum absolute atomic E-state index is 6.64. The van der Waals surface area contributed by atoms with E-state index in [9.17, 15) is 0 Å². The van der Waals surface area contributed by atoms with Gasteiger partial charge in [0.05, 0.1) is 27.5 Å². The van der Waals surface area contributed by atoms with Crippen LogP contribution in [-0.4, -0.2) is 9.13 Å². The molecule has 11 rings (SSSR count). The van der Waals surface area contributed by atoms with Crippen LogP contribution in [0.5, 0.6) is 0 Å². The summed E-state index contributed by atoms with van der Waals surface area (Å²) in [5, 5.41) is 7.08. The summed E-state index contributed by atoms with van der Waals surface area (Å²) in [6.45, 7) is 0. The lowest BCUT2D eigenvalue weighted by Gasteiger charge is -2.10. The topological polar surface area (TPSA) is 23.0 Å². The van der Waals surface area contributed by atoms with Crippen molar-refractivity contribution < 1.29 is 4.42 Å². The van der Waals surface area contributed by atoms with Crippen molar-refractivity contribution in [3.63, 3.8) is 0 Å². The zero-order chi connectivity index (χ0) is 33.5. The molecule has 0 bridgehead atoms. The van der Waals surface area contributed by atoms with Crippen LogP contribution in [-0.2, 0) is 0 Å². The Balaban J connectivity index is 1.12. The van der Waals surface area contributed by atoms with Gasteiger partial charge in [0.2, 0.25) is 0 Å². The average Bonchev–Trinajstić information content (AvgIpc) is 3.86. The van der Waals surface area contributed by atoms with Crippen LogP contribution in [0.3, 0.4) is 0 Å². The van der Waals surface area contributed by atoms with Crippen LogP contribution < -0.4 is 0 Å². The number of benzene rings is 8. The number of hydrogen-bond donors (Lipinski definition) is 0. The van der Waals surface area contributed by atoms with Crippen molar-refractivity contribution in [2.24, 2.45) is 0 Å². The quantitative estimate of drug-likeness (QED) is 0.186. The second kappa shape index (κ2) is 10.8. The van der Waals surface area contributed by atoms with E-state index < -0.39 is 0 Å². The summed E-state index contributed by atoms with van der Waals surface area (Å²) < 4.78 is 11.4. The summed E-state index contributed by atoms with van der Waals surface area (Å²) >= 11 is 0. The monoisotopic (exact) mass is 650 g/mol. The van der Waals surface area contributed by atoms with Crippen molar-refractivity contribution in [2.75, 3.05) is 0 Å². The number of fused-ring (bicyclic) bond motifs is 10. The Labute approximate surface area is 293 Å². The van der Waals surface area contributed by atoms with Gasteiger partial charge in [0, 0.05) is 38.3 Å². The van der Waals surface area contributed by atoms with E-state index in [0.717, 1.165) is 49.7 Å². The van der Waals surface area contributed by atoms with Crippen LogP contribution in [0.2, 0.25) is 0 Å². The molecule has 0 N–H and O–H groups in total. The molecule has 3 nitrogen and oxygen atoms in total. The van der Waals surface area contributed by atoms with Crippen LogP contribution in [0.25, 0.3) is 99.2 Å². The molecular weight excluding hydrogens is 621 g/mol. The van der Waals surface area contributed by atoms with E-state index in [1.54, 1.807) is 0 Å².